The number of carbonyl (C=O) groups is 1. The summed E-state index contributed by atoms with van der Waals surface area (Å²) in [6, 6.07) is 8.08. The minimum atomic E-state index is -0.226. The zero-order chi connectivity index (χ0) is 13.8. The lowest BCUT2D eigenvalue weighted by atomic mass is 9.94. The van der Waals surface area contributed by atoms with Crippen molar-refractivity contribution in [3.63, 3.8) is 0 Å². The largest absolute Gasteiger partial charge is 0.469 e. The van der Waals surface area contributed by atoms with Crippen LogP contribution in [0.4, 0.5) is 0 Å². The Morgan fingerprint density at radius 3 is 2.58 bits per heavy atom. The topological polar surface area (TPSA) is 46.5 Å². The minimum Gasteiger partial charge on any atom is -0.469 e. The van der Waals surface area contributed by atoms with Crippen molar-refractivity contribution >= 4 is 5.97 Å². The lowest BCUT2D eigenvalue weighted by Gasteiger charge is -2.15. The normalized spacial score (nSPS) is 24.2. The summed E-state index contributed by atoms with van der Waals surface area (Å²) in [5, 5.41) is 9.84. The molecule has 2 rings (SSSR count). The lowest BCUT2D eigenvalue weighted by Crippen LogP contribution is -2.15. The van der Waals surface area contributed by atoms with Crippen molar-refractivity contribution in [3.05, 3.63) is 35.4 Å². The Balaban J connectivity index is 2.00. The predicted octanol–water partition coefficient (Wildman–Crippen LogP) is 2.67. The molecule has 1 aromatic carbocycles. The Morgan fingerprint density at radius 2 is 2.05 bits per heavy atom. The molecule has 104 valence electrons. The van der Waals surface area contributed by atoms with Gasteiger partial charge in [0.25, 0.3) is 0 Å². The highest BCUT2D eigenvalue weighted by atomic mass is 16.5. The van der Waals surface area contributed by atoms with Crippen molar-refractivity contribution in [2.45, 2.75) is 44.6 Å². The van der Waals surface area contributed by atoms with Crippen LogP contribution in [0.3, 0.4) is 0 Å². The monoisotopic (exact) mass is 262 g/mol. The second-order valence-corrected chi connectivity index (χ2v) is 5.45. The molecule has 0 aromatic heterocycles. The predicted molar refractivity (Wildman–Crippen MR) is 73.9 cm³/mol. The third-order valence-corrected chi connectivity index (χ3v) is 4.15. The molecule has 0 aliphatic heterocycles. The number of aliphatic hydroxyl groups is 1. The molecule has 1 aliphatic carbocycles. The van der Waals surface area contributed by atoms with Gasteiger partial charge in [0.15, 0.2) is 0 Å². The molecule has 1 N–H and O–H groups in total. The van der Waals surface area contributed by atoms with Crippen LogP contribution in [-0.4, -0.2) is 24.3 Å². The Morgan fingerprint density at radius 1 is 1.37 bits per heavy atom. The summed E-state index contributed by atoms with van der Waals surface area (Å²) in [5.41, 5.74) is 2.20. The van der Waals surface area contributed by atoms with Gasteiger partial charge in [-0.25, -0.2) is 0 Å². The van der Waals surface area contributed by atoms with E-state index in [9.17, 15) is 9.90 Å². The zero-order valence-corrected chi connectivity index (χ0v) is 11.6. The maximum absolute atomic E-state index is 11.5. The summed E-state index contributed by atoms with van der Waals surface area (Å²) in [4.78, 5) is 11.5. The van der Waals surface area contributed by atoms with E-state index in [1.807, 2.05) is 19.1 Å². The standard InChI is InChI=1S/C16H22O3/c1-11(16(18)19-2)13-8-6-12(7-9-13)10-14-4-3-5-15(14)17/h6-9,11,14-15,17H,3-5,10H2,1-2H3. The first-order valence-electron chi connectivity index (χ1n) is 6.96. The number of methoxy groups -OCH3 is 1. The molecule has 0 radical (unpaired) electrons. The molecular weight excluding hydrogens is 240 g/mol. The van der Waals surface area contributed by atoms with Crippen molar-refractivity contribution in [1.82, 2.24) is 0 Å². The highest BCUT2D eigenvalue weighted by Gasteiger charge is 2.25. The Kier molecular flexibility index (Phi) is 4.59. The number of rotatable bonds is 4. The molecule has 0 bridgehead atoms. The van der Waals surface area contributed by atoms with E-state index in [1.54, 1.807) is 0 Å². The number of carbonyl (C=O) groups excluding carboxylic acids is 1. The Labute approximate surface area is 114 Å². The molecule has 1 saturated carbocycles. The van der Waals surface area contributed by atoms with E-state index in [4.69, 9.17) is 4.74 Å². The van der Waals surface area contributed by atoms with Crippen molar-refractivity contribution in [2.75, 3.05) is 7.11 Å². The van der Waals surface area contributed by atoms with Crippen molar-refractivity contribution < 1.29 is 14.6 Å². The van der Waals surface area contributed by atoms with Crippen LogP contribution in [0, 0.1) is 5.92 Å². The minimum absolute atomic E-state index is 0.145. The van der Waals surface area contributed by atoms with Gasteiger partial charge in [-0.15, -0.1) is 0 Å². The third kappa shape index (κ3) is 3.35. The quantitative estimate of drug-likeness (QED) is 0.849. The molecule has 3 nitrogen and oxygen atoms in total. The van der Waals surface area contributed by atoms with Gasteiger partial charge in [0.05, 0.1) is 19.1 Å². The molecule has 3 heteroatoms. The summed E-state index contributed by atoms with van der Waals surface area (Å²) in [6.07, 6.45) is 3.95. The first-order chi connectivity index (χ1) is 9.11. The number of hydrogen-bond acceptors (Lipinski definition) is 3. The number of aliphatic hydroxyl groups excluding tert-OH is 1. The van der Waals surface area contributed by atoms with Crippen LogP contribution in [0.15, 0.2) is 24.3 Å². The van der Waals surface area contributed by atoms with E-state index in [0.29, 0.717) is 5.92 Å². The maximum atomic E-state index is 11.5. The van der Waals surface area contributed by atoms with Crippen LogP contribution < -0.4 is 0 Å². The van der Waals surface area contributed by atoms with Crippen LogP contribution in [0.25, 0.3) is 0 Å². The van der Waals surface area contributed by atoms with Crippen molar-refractivity contribution in [2.24, 2.45) is 5.92 Å². The summed E-state index contributed by atoms with van der Waals surface area (Å²) in [6.45, 7) is 1.85. The molecule has 0 spiro atoms. The van der Waals surface area contributed by atoms with Gasteiger partial charge in [0, 0.05) is 0 Å². The lowest BCUT2D eigenvalue weighted by molar-refractivity contribution is -0.141. The highest BCUT2D eigenvalue weighted by molar-refractivity contribution is 5.77. The number of ether oxygens (including phenoxy) is 1. The molecule has 1 aromatic rings. The van der Waals surface area contributed by atoms with Gasteiger partial charge in [-0.1, -0.05) is 30.7 Å². The fraction of sp³-hybridized carbons (Fsp3) is 0.562. The zero-order valence-electron chi connectivity index (χ0n) is 11.6. The number of esters is 1. The summed E-state index contributed by atoms with van der Waals surface area (Å²) in [5.74, 6) is -0.0426. The first kappa shape index (κ1) is 14.1. The van der Waals surface area contributed by atoms with E-state index in [-0.39, 0.29) is 18.0 Å². The van der Waals surface area contributed by atoms with E-state index < -0.39 is 0 Å². The second kappa shape index (κ2) is 6.20. The molecule has 0 heterocycles. The highest BCUT2D eigenvalue weighted by Crippen LogP contribution is 2.29. The summed E-state index contributed by atoms with van der Waals surface area (Å²) < 4.78 is 4.75. The first-order valence-corrected chi connectivity index (χ1v) is 6.96. The summed E-state index contributed by atoms with van der Waals surface area (Å²) in [7, 11) is 1.41. The fourth-order valence-corrected chi connectivity index (χ4v) is 2.81. The molecular formula is C16H22O3. The molecule has 1 fully saturated rings. The van der Waals surface area contributed by atoms with Crippen LogP contribution in [0.2, 0.25) is 0 Å². The summed E-state index contributed by atoms with van der Waals surface area (Å²) >= 11 is 0. The van der Waals surface area contributed by atoms with Gasteiger partial charge in [0.2, 0.25) is 0 Å². The maximum Gasteiger partial charge on any atom is 0.312 e. The van der Waals surface area contributed by atoms with Crippen molar-refractivity contribution in [1.29, 1.82) is 0 Å². The SMILES string of the molecule is COC(=O)C(C)c1ccc(CC2CCCC2O)cc1. The van der Waals surface area contributed by atoms with Gasteiger partial charge in [-0.05, 0) is 43.2 Å². The van der Waals surface area contributed by atoms with Crippen LogP contribution in [0.1, 0.15) is 43.2 Å². The van der Waals surface area contributed by atoms with Gasteiger partial charge < -0.3 is 9.84 Å². The van der Waals surface area contributed by atoms with Gasteiger partial charge in [0.1, 0.15) is 0 Å². The van der Waals surface area contributed by atoms with E-state index in [2.05, 4.69) is 12.1 Å². The second-order valence-electron chi connectivity index (χ2n) is 5.45. The van der Waals surface area contributed by atoms with E-state index >= 15 is 0 Å². The Hall–Kier alpha value is -1.35. The smallest absolute Gasteiger partial charge is 0.312 e. The number of hydrogen-bond donors (Lipinski definition) is 1. The molecule has 0 amide bonds. The van der Waals surface area contributed by atoms with Crippen molar-refractivity contribution in [3.8, 4) is 0 Å². The van der Waals surface area contributed by atoms with Gasteiger partial charge in [-0.3, -0.25) is 4.79 Å². The average molecular weight is 262 g/mol. The van der Waals surface area contributed by atoms with Crippen LogP contribution in [0.5, 0.6) is 0 Å². The average Bonchev–Trinajstić information content (AvgIpc) is 2.83. The molecule has 3 unspecified atom stereocenters. The van der Waals surface area contributed by atoms with E-state index in [1.165, 1.54) is 12.7 Å². The molecule has 1 aliphatic rings. The van der Waals surface area contributed by atoms with E-state index in [0.717, 1.165) is 31.2 Å². The van der Waals surface area contributed by atoms with Gasteiger partial charge >= 0.3 is 5.97 Å². The molecule has 19 heavy (non-hydrogen) atoms. The third-order valence-electron chi connectivity index (χ3n) is 4.15. The molecule has 0 saturated heterocycles. The van der Waals surface area contributed by atoms with Gasteiger partial charge in [-0.2, -0.15) is 0 Å². The number of benzene rings is 1. The van der Waals surface area contributed by atoms with Crippen LogP contribution in [-0.2, 0) is 16.0 Å². The molecule has 3 atom stereocenters. The fourth-order valence-electron chi connectivity index (χ4n) is 2.81. The van der Waals surface area contributed by atoms with Crippen LogP contribution >= 0.6 is 0 Å². The Bertz CT molecular complexity index is 424.